The minimum Gasteiger partial charge on any atom is -0.380 e. The number of imidazole rings is 1. The maximum atomic E-state index is 5.32. The molecule has 0 aromatic carbocycles. The molecule has 1 aromatic heterocycles. The third kappa shape index (κ3) is 2.79. The molecule has 1 aliphatic rings. The Labute approximate surface area is 90.6 Å². The van der Waals surface area contributed by atoms with Crippen molar-refractivity contribution in [3.8, 4) is 0 Å². The van der Waals surface area contributed by atoms with Crippen LogP contribution in [-0.4, -0.2) is 28.8 Å². The van der Waals surface area contributed by atoms with Gasteiger partial charge in [-0.2, -0.15) is 0 Å². The topological polar surface area (TPSA) is 39.1 Å². The second-order valence-corrected chi connectivity index (χ2v) is 3.98. The Morgan fingerprint density at radius 3 is 3.33 bits per heavy atom. The van der Waals surface area contributed by atoms with E-state index >= 15 is 0 Å². The lowest BCUT2D eigenvalue weighted by atomic mass is 10.2. The molecule has 1 aromatic rings. The molecule has 0 amide bonds. The molecule has 1 N–H and O–H groups in total. The molecule has 1 fully saturated rings. The average Bonchev–Trinajstić information content (AvgIpc) is 2.85. The van der Waals surface area contributed by atoms with Crippen LogP contribution in [0.4, 0.5) is 0 Å². The largest absolute Gasteiger partial charge is 0.380 e. The van der Waals surface area contributed by atoms with Gasteiger partial charge in [-0.25, -0.2) is 4.98 Å². The number of aromatic nitrogens is 2. The fourth-order valence-electron chi connectivity index (χ4n) is 1.88. The molecule has 1 saturated heterocycles. The second kappa shape index (κ2) is 5.28. The molecule has 2 heterocycles. The van der Waals surface area contributed by atoms with Crippen molar-refractivity contribution < 1.29 is 4.74 Å². The predicted molar refractivity (Wildman–Crippen MR) is 58.6 cm³/mol. The molecule has 15 heavy (non-hydrogen) atoms. The molecule has 1 aliphatic heterocycles. The zero-order valence-electron chi connectivity index (χ0n) is 9.28. The normalized spacial score (nSPS) is 21.0. The maximum Gasteiger partial charge on any atom is 0.122 e. The third-order valence-electron chi connectivity index (χ3n) is 2.74. The van der Waals surface area contributed by atoms with Crippen LogP contribution in [-0.2, 0) is 17.8 Å². The molecule has 1 atom stereocenters. The van der Waals surface area contributed by atoms with Gasteiger partial charge in [0.25, 0.3) is 0 Å². The number of ether oxygens (including phenoxy) is 1. The molecule has 4 nitrogen and oxygen atoms in total. The highest BCUT2D eigenvalue weighted by Crippen LogP contribution is 2.05. The highest BCUT2D eigenvalue weighted by Gasteiger charge is 2.15. The number of nitrogens with zero attached hydrogens (tertiary/aromatic N) is 2. The average molecular weight is 209 g/mol. The van der Waals surface area contributed by atoms with Crippen molar-refractivity contribution in [3.05, 3.63) is 18.2 Å². The molecule has 84 valence electrons. The molecule has 0 aliphatic carbocycles. The summed E-state index contributed by atoms with van der Waals surface area (Å²) in [5, 5.41) is 3.47. The van der Waals surface area contributed by atoms with Crippen LogP contribution < -0.4 is 5.32 Å². The molecule has 0 bridgehead atoms. The fraction of sp³-hybridized carbons (Fsp3) is 0.727. The SMILES string of the molecule is CCCn1ccnc1CNC1CCOC1. The van der Waals surface area contributed by atoms with Crippen molar-refractivity contribution in [2.24, 2.45) is 0 Å². The van der Waals surface area contributed by atoms with Gasteiger partial charge in [0.2, 0.25) is 0 Å². The van der Waals surface area contributed by atoms with Crippen LogP contribution in [0.15, 0.2) is 12.4 Å². The molecule has 0 saturated carbocycles. The first-order chi connectivity index (χ1) is 7.40. The Bertz CT molecular complexity index is 292. The van der Waals surface area contributed by atoms with Crippen molar-refractivity contribution in [3.63, 3.8) is 0 Å². The van der Waals surface area contributed by atoms with Gasteiger partial charge in [0.05, 0.1) is 13.2 Å². The summed E-state index contributed by atoms with van der Waals surface area (Å²) in [5.41, 5.74) is 0. The molecule has 0 radical (unpaired) electrons. The Morgan fingerprint density at radius 1 is 1.67 bits per heavy atom. The summed E-state index contributed by atoms with van der Waals surface area (Å²) in [5.74, 6) is 1.13. The zero-order valence-corrected chi connectivity index (χ0v) is 9.28. The van der Waals surface area contributed by atoms with Crippen molar-refractivity contribution in [2.45, 2.75) is 38.9 Å². The number of hydrogen-bond donors (Lipinski definition) is 1. The first kappa shape index (κ1) is 10.6. The number of nitrogens with one attached hydrogen (secondary N) is 1. The number of aryl methyl sites for hydroxylation is 1. The van der Waals surface area contributed by atoms with Crippen LogP contribution in [0.25, 0.3) is 0 Å². The van der Waals surface area contributed by atoms with Crippen LogP contribution >= 0.6 is 0 Å². The Hall–Kier alpha value is -0.870. The lowest BCUT2D eigenvalue weighted by Crippen LogP contribution is -2.29. The van der Waals surface area contributed by atoms with Crippen molar-refractivity contribution >= 4 is 0 Å². The van der Waals surface area contributed by atoms with Gasteiger partial charge in [-0.15, -0.1) is 0 Å². The summed E-state index contributed by atoms with van der Waals surface area (Å²) in [7, 11) is 0. The predicted octanol–water partition coefficient (Wildman–Crippen LogP) is 1.17. The smallest absolute Gasteiger partial charge is 0.122 e. The quantitative estimate of drug-likeness (QED) is 0.791. The first-order valence-electron chi connectivity index (χ1n) is 5.71. The molecule has 1 unspecified atom stereocenters. The van der Waals surface area contributed by atoms with E-state index in [0.29, 0.717) is 6.04 Å². The molecule has 0 spiro atoms. The minimum atomic E-state index is 0.511. The molecule has 2 rings (SSSR count). The fourth-order valence-corrected chi connectivity index (χ4v) is 1.88. The lowest BCUT2D eigenvalue weighted by molar-refractivity contribution is 0.189. The molecular formula is C11H19N3O. The summed E-state index contributed by atoms with van der Waals surface area (Å²) in [6.07, 6.45) is 6.19. The van der Waals surface area contributed by atoms with Gasteiger partial charge in [0.15, 0.2) is 0 Å². The van der Waals surface area contributed by atoms with Crippen molar-refractivity contribution in [2.75, 3.05) is 13.2 Å². The van der Waals surface area contributed by atoms with E-state index in [1.807, 2.05) is 12.4 Å². The van der Waals surface area contributed by atoms with Gasteiger partial charge in [-0.3, -0.25) is 0 Å². The van der Waals surface area contributed by atoms with Gasteiger partial charge in [0, 0.05) is 31.6 Å². The van der Waals surface area contributed by atoms with E-state index in [-0.39, 0.29) is 0 Å². The summed E-state index contributed by atoms with van der Waals surface area (Å²) >= 11 is 0. The summed E-state index contributed by atoms with van der Waals surface area (Å²) < 4.78 is 7.53. The van der Waals surface area contributed by atoms with Gasteiger partial charge in [-0.1, -0.05) is 6.92 Å². The van der Waals surface area contributed by atoms with E-state index in [0.717, 1.165) is 45.0 Å². The maximum absolute atomic E-state index is 5.32. The molecule has 4 heteroatoms. The van der Waals surface area contributed by atoms with Gasteiger partial charge in [0.1, 0.15) is 5.82 Å². The van der Waals surface area contributed by atoms with Crippen LogP contribution in [0.2, 0.25) is 0 Å². The number of rotatable bonds is 5. The highest BCUT2D eigenvalue weighted by atomic mass is 16.5. The van der Waals surface area contributed by atoms with E-state index in [1.165, 1.54) is 0 Å². The van der Waals surface area contributed by atoms with Gasteiger partial charge >= 0.3 is 0 Å². The monoisotopic (exact) mass is 209 g/mol. The standard InChI is InChI=1S/C11H19N3O/c1-2-5-14-6-4-12-11(14)8-13-10-3-7-15-9-10/h4,6,10,13H,2-3,5,7-9H2,1H3. The van der Waals surface area contributed by atoms with E-state index < -0.39 is 0 Å². The van der Waals surface area contributed by atoms with Crippen LogP contribution in [0.3, 0.4) is 0 Å². The van der Waals surface area contributed by atoms with Gasteiger partial charge in [-0.05, 0) is 12.8 Å². The van der Waals surface area contributed by atoms with Crippen molar-refractivity contribution in [1.29, 1.82) is 0 Å². The Morgan fingerprint density at radius 2 is 2.60 bits per heavy atom. The first-order valence-corrected chi connectivity index (χ1v) is 5.71. The summed E-state index contributed by atoms with van der Waals surface area (Å²) in [6, 6.07) is 0.511. The Kier molecular flexibility index (Phi) is 3.75. The third-order valence-corrected chi connectivity index (χ3v) is 2.74. The van der Waals surface area contributed by atoms with E-state index in [9.17, 15) is 0 Å². The van der Waals surface area contributed by atoms with Gasteiger partial charge < -0.3 is 14.6 Å². The van der Waals surface area contributed by atoms with E-state index in [4.69, 9.17) is 4.74 Å². The summed E-state index contributed by atoms with van der Waals surface area (Å²) in [6.45, 7) is 5.82. The summed E-state index contributed by atoms with van der Waals surface area (Å²) in [4.78, 5) is 4.36. The second-order valence-electron chi connectivity index (χ2n) is 3.98. The number of hydrogen-bond acceptors (Lipinski definition) is 3. The minimum absolute atomic E-state index is 0.511. The van der Waals surface area contributed by atoms with Crippen LogP contribution in [0.1, 0.15) is 25.6 Å². The van der Waals surface area contributed by atoms with Crippen molar-refractivity contribution in [1.82, 2.24) is 14.9 Å². The molecular weight excluding hydrogens is 190 g/mol. The van der Waals surface area contributed by atoms with E-state index in [2.05, 4.69) is 21.8 Å². The van der Waals surface area contributed by atoms with Crippen LogP contribution in [0, 0.1) is 0 Å². The highest BCUT2D eigenvalue weighted by molar-refractivity contribution is 4.92. The van der Waals surface area contributed by atoms with E-state index in [1.54, 1.807) is 0 Å². The van der Waals surface area contributed by atoms with Crippen LogP contribution in [0.5, 0.6) is 0 Å². The lowest BCUT2D eigenvalue weighted by Gasteiger charge is -2.11. The Balaban J connectivity index is 1.83. The zero-order chi connectivity index (χ0) is 10.5.